The van der Waals surface area contributed by atoms with Crippen molar-refractivity contribution in [3.8, 4) is 5.75 Å². The van der Waals surface area contributed by atoms with E-state index in [0.717, 1.165) is 16.4 Å². The van der Waals surface area contributed by atoms with Gasteiger partial charge in [0.1, 0.15) is 5.75 Å². The van der Waals surface area contributed by atoms with E-state index in [1.54, 1.807) is 18.2 Å². The molecule has 0 saturated carbocycles. The van der Waals surface area contributed by atoms with Crippen molar-refractivity contribution >= 4 is 28.6 Å². The number of carbonyl (C=O) groups is 1. The highest BCUT2D eigenvalue weighted by atomic mass is 127. The van der Waals surface area contributed by atoms with Crippen molar-refractivity contribution in [3.63, 3.8) is 0 Å². The summed E-state index contributed by atoms with van der Waals surface area (Å²) in [5.74, 6) is -0.264. The maximum Gasteiger partial charge on any atom is 0.335 e. The van der Waals surface area contributed by atoms with Crippen LogP contribution in [0.4, 0.5) is 0 Å². The lowest BCUT2D eigenvalue weighted by Gasteiger charge is -2.17. The summed E-state index contributed by atoms with van der Waals surface area (Å²) in [6, 6.07) is 4.94. The molecule has 16 heavy (non-hydrogen) atoms. The van der Waals surface area contributed by atoms with Crippen LogP contribution in [0.25, 0.3) is 0 Å². The van der Waals surface area contributed by atoms with Gasteiger partial charge in [0.25, 0.3) is 0 Å². The topological polar surface area (TPSA) is 46.5 Å². The SMILES string of the molecule is CCC(CC)Oc1cc(C(=O)O)ccc1I. The minimum atomic E-state index is -0.925. The van der Waals surface area contributed by atoms with Crippen LogP contribution in [0.15, 0.2) is 18.2 Å². The predicted octanol–water partition coefficient (Wildman–Crippen LogP) is 3.56. The van der Waals surface area contributed by atoms with E-state index in [-0.39, 0.29) is 11.7 Å². The first-order valence-corrected chi connectivity index (χ1v) is 6.35. The molecule has 0 radical (unpaired) electrons. The van der Waals surface area contributed by atoms with Crippen LogP contribution in [0.3, 0.4) is 0 Å². The van der Waals surface area contributed by atoms with E-state index in [4.69, 9.17) is 9.84 Å². The second-order valence-corrected chi connectivity index (χ2v) is 4.67. The van der Waals surface area contributed by atoms with Crippen LogP contribution >= 0.6 is 22.6 Å². The molecule has 4 heteroatoms. The molecule has 0 spiro atoms. The molecule has 0 aromatic heterocycles. The molecular formula is C12H15IO3. The molecule has 0 unspecified atom stereocenters. The molecule has 88 valence electrons. The number of benzene rings is 1. The average Bonchev–Trinajstić information content (AvgIpc) is 2.27. The second-order valence-electron chi connectivity index (χ2n) is 3.51. The summed E-state index contributed by atoms with van der Waals surface area (Å²) >= 11 is 2.15. The van der Waals surface area contributed by atoms with Crippen molar-refractivity contribution in [1.29, 1.82) is 0 Å². The quantitative estimate of drug-likeness (QED) is 0.838. The number of ether oxygens (including phenoxy) is 1. The Kier molecular flexibility index (Phi) is 5.05. The number of aromatic carboxylic acids is 1. The van der Waals surface area contributed by atoms with Crippen LogP contribution in [-0.2, 0) is 0 Å². The highest BCUT2D eigenvalue weighted by Gasteiger charge is 2.11. The second kappa shape index (κ2) is 6.08. The Hall–Kier alpha value is -0.780. The standard InChI is InChI=1S/C12H15IO3/c1-3-9(4-2)16-11-7-8(12(14)15)5-6-10(11)13/h5-7,9H,3-4H2,1-2H3,(H,14,15). The fourth-order valence-electron chi connectivity index (χ4n) is 1.36. The Labute approximate surface area is 109 Å². The minimum absolute atomic E-state index is 0.151. The summed E-state index contributed by atoms with van der Waals surface area (Å²) in [4.78, 5) is 10.8. The Bertz CT molecular complexity index is 373. The zero-order valence-electron chi connectivity index (χ0n) is 9.37. The highest BCUT2D eigenvalue weighted by Crippen LogP contribution is 2.24. The molecular weight excluding hydrogens is 319 g/mol. The maximum absolute atomic E-state index is 10.8. The van der Waals surface area contributed by atoms with E-state index in [1.807, 2.05) is 0 Å². The van der Waals surface area contributed by atoms with Crippen LogP contribution in [0, 0.1) is 3.57 Å². The number of rotatable bonds is 5. The Morgan fingerprint density at radius 1 is 1.44 bits per heavy atom. The third-order valence-electron chi connectivity index (χ3n) is 2.38. The normalized spacial score (nSPS) is 10.5. The van der Waals surface area contributed by atoms with Crippen LogP contribution in [0.2, 0.25) is 0 Å². The summed E-state index contributed by atoms with van der Waals surface area (Å²) in [7, 11) is 0. The van der Waals surface area contributed by atoms with E-state index in [2.05, 4.69) is 36.4 Å². The molecule has 0 bridgehead atoms. The molecule has 1 N–H and O–H groups in total. The van der Waals surface area contributed by atoms with Gasteiger partial charge in [-0.2, -0.15) is 0 Å². The summed E-state index contributed by atoms with van der Waals surface area (Å²) in [5, 5.41) is 8.89. The average molecular weight is 334 g/mol. The van der Waals surface area contributed by atoms with E-state index in [0.29, 0.717) is 5.75 Å². The van der Waals surface area contributed by atoms with E-state index in [1.165, 1.54) is 0 Å². The summed E-state index contributed by atoms with van der Waals surface area (Å²) < 4.78 is 6.70. The molecule has 0 aliphatic heterocycles. The largest absolute Gasteiger partial charge is 0.489 e. The number of hydrogen-bond donors (Lipinski definition) is 1. The van der Waals surface area contributed by atoms with Gasteiger partial charge in [-0.15, -0.1) is 0 Å². The van der Waals surface area contributed by atoms with Gasteiger partial charge in [0, 0.05) is 0 Å². The predicted molar refractivity (Wildman–Crippen MR) is 71.1 cm³/mol. The number of carboxylic acids is 1. The highest BCUT2D eigenvalue weighted by molar-refractivity contribution is 14.1. The fraction of sp³-hybridized carbons (Fsp3) is 0.417. The lowest BCUT2D eigenvalue weighted by molar-refractivity contribution is 0.0696. The molecule has 0 atom stereocenters. The smallest absolute Gasteiger partial charge is 0.335 e. The van der Waals surface area contributed by atoms with Gasteiger partial charge in [-0.05, 0) is 53.6 Å². The van der Waals surface area contributed by atoms with Crippen molar-refractivity contribution in [2.75, 3.05) is 0 Å². The molecule has 0 aliphatic carbocycles. The van der Waals surface area contributed by atoms with E-state index < -0.39 is 5.97 Å². The summed E-state index contributed by atoms with van der Waals surface area (Å²) in [6.07, 6.45) is 1.99. The molecule has 1 rings (SSSR count). The molecule has 1 aromatic carbocycles. The maximum atomic E-state index is 10.8. The van der Waals surface area contributed by atoms with Gasteiger partial charge in [0.15, 0.2) is 0 Å². The van der Waals surface area contributed by atoms with Crippen molar-refractivity contribution in [2.45, 2.75) is 32.8 Å². The van der Waals surface area contributed by atoms with E-state index in [9.17, 15) is 4.79 Å². The first-order chi connectivity index (χ1) is 7.58. The first kappa shape index (κ1) is 13.3. The number of halogens is 1. The molecule has 0 heterocycles. The van der Waals surface area contributed by atoms with Crippen LogP contribution in [0.5, 0.6) is 5.75 Å². The van der Waals surface area contributed by atoms with Gasteiger partial charge in [0.2, 0.25) is 0 Å². The Morgan fingerprint density at radius 2 is 2.06 bits per heavy atom. The van der Waals surface area contributed by atoms with Crippen molar-refractivity contribution in [1.82, 2.24) is 0 Å². The zero-order chi connectivity index (χ0) is 12.1. The van der Waals surface area contributed by atoms with Crippen LogP contribution in [-0.4, -0.2) is 17.2 Å². The summed E-state index contributed by atoms with van der Waals surface area (Å²) in [6.45, 7) is 4.12. The molecule has 0 aliphatic rings. The van der Waals surface area contributed by atoms with Gasteiger partial charge in [-0.1, -0.05) is 13.8 Å². The third-order valence-corrected chi connectivity index (χ3v) is 3.27. The monoisotopic (exact) mass is 334 g/mol. The fourth-order valence-corrected chi connectivity index (χ4v) is 1.82. The molecule has 1 aromatic rings. The molecule has 0 fully saturated rings. The van der Waals surface area contributed by atoms with Crippen LogP contribution < -0.4 is 4.74 Å². The van der Waals surface area contributed by atoms with Gasteiger partial charge in [0.05, 0.1) is 15.2 Å². The lowest BCUT2D eigenvalue weighted by atomic mass is 10.2. The minimum Gasteiger partial charge on any atom is -0.489 e. The Balaban J connectivity index is 2.93. The zero-order valence-corrected chi connectivity index (χ0v) is 11.5. The van der Waals surface area contributed by atoms with E-state index >= 15 is 0 Å². The van der Waals surface area contributed by atoms with Gasteiger partial charge >= 0.3 is 5.97 Å². The number of hydrogen-bond acceptors (Lipinski definition) is 2. The van der Waals surface area contributed by atoms with Crippen molar-refractivity contribution < 1.29 is 14.6 Å². The van der Waals surface area contributed by atoms with Crippen molar-refractivity contribution in [2.24, 2.45) is 0 Å². The van der Waals surface area contributed by atoms with Crippen molar-refractivity contribution in [3.05, 3.63) is 27.3 Å². The van der Waals surface area contributed by atoms with Gasteiger partial charge in [-0.3, -0.25) is 0 Å². The van der Waals surface area contributed by atoms with Gasteiger partial charge in [-0.25, -0.2) is 4.79 Å². The van der Waals surface area contributed by atoms with Gasteiger partial charge < -0.3 is 9.84 Å². The first-order valence-electron chi connectivity index (χ1n) is 5.28. The van der Waals surface area contributed by atoms with Crippen LogP contribution in [0.1, 0.15) is 37.0 Å². The molecule has 3 nitrogen and oxygen atoms in total. The molecule has 0 saturated heterocycles. The Morgan fingerprint density at radius 3 is 2.56 bits per heavy atom. The number of carboxylic acid groups (broad SMARTS) is 1. The lowest BCUT2D eigenvalue weighted by Crippen LogP contribution is -2.14. The molecule has 0 amide bonds. The summed E-state index contributed by atoms with van der Waals surface area (Å²) in [5.41, 5.74) is 0.265. The third kappa shape index (κ3) is 3.37.